The number of fused-ring (bicyclic) bond motifs is 1. The van der Waals surface area contributed by atoms with Crippen molar-refractivity contribution in [3.63, 3.8) is 0 Å². The third kappa shape index (κ3) is 6.33. The van der Waals surface area contributed by atoms with Crippen LogP contribution in [0.4, 0.5) is 0 Å². The molecule has 0 radical (unpaired) electrons. The Morgan fingerprint density at radius 3 is 2.66 bits per heavy atom. The van der Waals surface area contributed by atoms with Gasteiger partial charge in [0.25, 0.3) is 0 Å². The highest BCUT2D eigenvalue weighted by atomic mass is 16.5. The molecule has 7 heteroatoms. The molecular formula is C25H31N3O4. The Morgan fingerprint density at radius 1 is 1.16 bits per heavy atom. The number of hydrogen-bond acceptors (Lipinski definition) is 6. The Balaban J connectivity index is 0.000000195. The maximum atomic E-state index is 11.1. The third-order valence-electron chi connectivity index (χ3n) is 4.89. The summed E-state index contributed by atoms with van der Waals surface area (Å²) in [6.45, 7) is 9.14. The van der Waals surface area contributed by atoms with E-state index in [0.29, 0.717) is 25.5 Å². The second kappa shape index (κ2) is 10.8. The molecule has 4 rings (SSSR count). The summed E-state index contributed by atoms with van der Waals surface area (Å²) in [5.74, 6) is 2.53. The van der Waals surface area contributed by atoms with E-state index in [4.69, 9.17) is 14.2 Å². The summed E-state index contributed by atoms with van der Waals surface area (Å²) >= 11 is 0. The van der Waals surface area contributed by atoms with Crippen LogP contribution in [0.3, 0.4) is 0 Å². The smallest absolute Gasteiger partial charge is 0.223 e. The Hall–Kier alpha value is -3.35. The van der Waals surface area contributed by atoms with E-state index in [1.165, 1.54) is 5.56 Å². The van der Waals surface area contributed by atoms with Gasteiger partial charge in [-0.05, 0) is 63.6 Å². The zero-order valence-electron chi connectivity index (χ0n) is 19.3. The minimum Gasteiger partial charge on any atom is -0.493 e. The van der Waals surface area contributed by atoms with Crippen LogP contribution in [0.1, 0.15) is 31.5 Å². The van der Waals surface area contributed by atoms with Crippen molar-refractivity contribution in [3.8, 4) is 17.4 Å². The maximum absolute atomic E-state index is 11.1. The molecule has 1 aliphatic heterocycles. The van der Waals surface area contributed by atoms with Crippen molar-refractivity contribution in [1.29, 1.82) is 0 Å². The van der Waals surface area contributed by atoms with Crippen molar-refractivity contribution in [2.45, 2.75) is 40.2 Å². The second-order valence-electron chi connectivity index (χ2n) is 8.15. The molecule has 32 heavy (non-hydrogen) atoms. The Labute approximate surface area is 189 Å². The first-order valence-corrected chi connectivity index (χ1v) is 10.8. The largest absolute Gasteiger partial charge is 0.493 e. The lowest BCUT2D eigenvalue weighted by atomic mass is 10.1. The normalized spacial score (nSPS) is 15.2. The number of benzene rings is 1. The van der Waals surface area contributed by atoms with Crippen molar-refractivity contribution in [2.24, 2.45) is 5.92 Å². The molecule has 1 fully saturated rings. The number of hydrogen-bond donors (Lipinski definition) is 1. The molecule has 1 amide bonds. The van der Waals surface area contributed by atoms with Crippen LogP contribution < -0.4 is 19.5 Å². The van der Waals surface area contributed by atoms with Gasteiger partial charge in [-0.2, -0.15) is 0 Å². The van der Waals surface area contributed by atoms with Crippen LogP contribution in [-0.2, 0) is 4.79 Å². The number of amides is 1. The van der Waals surface area contributed by atoms with Gasteiger partial charge in [-0.15, -0.1) is 0 Å². The average Bonchev–Trinajstić information content (AvgIpc) is 3.17. The molecule has 0 bridgehead atoms. The predicted molar refractivity (Wildman–Crippen MR) is 124 cm³/mol. The lowest BCUT2D eigenvalue weighted by Gasteiger charge is -2.13. The number of rotatable bonds is 6. The zero-order valence-corrected chi connectivity index (χ0v) is 19.3. The molecule has 1 atom stereocenters. The number of ether oxygens (including phenoxy) is 3. The first kappa shape index (κ1) is 23.3. The summed E-state index contributed by atoms with van der Waals surface area (Å²) in [5, 5.41) is 3.71. The lowest BCUT2D eigenvalue weighted by Crippen LogP contribution is -2.17. The highest BCUT2D eigenvalue weighted by molar-refractivity contribution is 5.83. The topological polar surface area (TPSA) is 82.6 Å². The Kier molecular flexibility index (Phi) is 7.87. The summed E-state index contributed by atoms with van der Waals surface area (Å²) in [4.78, 5) is 19.9. The van der Waals surface area contributed by atoms with Crippen LogP contribution in [-0.4, -0.2) is 42.2 Å². The molecule has 3 heterocycles. The minimum absolute atomic E-state index is 0.0947. The first-order chi connectivity index (χ1) is 15.4. The number of nitrogens with one attached hydrogen (secondary N) is 1. The van der Waals surface area contributed by atoms with Crippen molar-refractivity contribution in [3.05, 3.63) is 53.9 Å². The van der Waals surface area contributed by atoms with E-state index in [1.807, 2.05) is 64.1 Å². The van der Waals surface area contributed by atoms with Gasteiger partial charge in [0, 0.05) is 30.8 Å². The van der Waals surface area contributed by atoms with Gasteiger partial charge in [-0.1, -0.05) is 6.07 Å². The Morgan fingerprint density at radius 2 is 1.97 bits per heavy atom. The fraction of sp³-hybridized carbons (Fsp3) is 0.400. The molecule has 0 aliphatic carbocycles. The standard InChI is InChI=1S/C14H15N3O2.C11H16O2/c1-9-5-12-11(3-2-4-15-12)14(17-9)19-8-10-6-13(18)16-7-10;1-8(2)13-11-7-9(3)5-6-10(11)12-4/h2-5,10H,6-8H2,1H3,(H,16,18);5-8H,1-4H3/t10-;/m1./s1. The van der Waals surface area contributed by atoms with E-state index in [1.54, 1.807) is 13.3 Å². The highest BCUT2D eigenvalue weighted by Crippen LogP contribution is 2.28. The second-order valence-corrected chi connectivity index (χ2v) is 8.15. The lowest BCUT2D eigenvalue weighted by molar-refractivity contribution is -0.119. The number of carbonyl (C=O) groups excluding carboxylic acids is 1. The molecule has 1 aromatic carbocycles. The van der Waals surface area contributed by atoms with Gasteiger partial charge in [0.15, 0.2) is 11.5 Å². The summed E-state index contributed by atoms with van der Waals surface area (Å²) in [6.07, 6.45) is 2.46. The van der Waals surface area contributed by atoms with Gasteiger partial charge in [-0.3, -0.25) is 9.78 Å². The molecule has 0 spiro atoms. The van der Waals surface area contributed by atoms with Gasteiger partial charge in [0.1, 0.15) is 0 Å². The summed E-state index contributed by atoms with van der Waals surface area (Å²) in [6, 6.07) is 11.7. The fourth-order valence-corrected chi connectivity index (χ4v) is 3.38. The number of methoxy groups -OCH3 is 1. The van der Waals surface area contributed by atoms with Gasteiger partial charge in [0.05, 0.1) is 30.7 Å². The van der Waals surface area contributed by atoms with Crippen LogP contribution in [0.2, 0.25) is 0 Å². The summed E-state index contributed by atoms with van der Waals surface area (Å²) < 4.78 is 16.6. The average molecular weight is 438 g/mol. The monoisotopic (exact) mass is 437 g/mol. The quantitative estimate of drug-likeness (QED) is 0.621. The molecule has 3 aromatic rings. The van der Waals surface area contributed by atoms with Crippen LogP contribution in [0.15, 0.2) is 42.6 Å². The zero-order chi connectivity index (χ0) is 23.1. The summed E-state index contributed by atoms with van der Waals surface area (Å²) in [5.41, 5.74) is 2.93. The van der Waals surface area contributed by atoms with Crippen LogP contribution in [0, 0.1) is 19.8 Å². The molecule has 1 aliphatic rings. The molecule has 0 unspecified atom stereocenters. The first-order valence-electron chi connectivity index (χ1n) is 10.8. The molecule has 0 saturated carbocycles. The fourth-order valence-electron chi connectivity index (χ4n) is 3.38. The SMILES string of the molecule is COc1ccc(C)cc1OC(C)C.Cc1cc2ncccc2c(OC[C@H]2CNC(=O)C2)n1. The van der Waals surface area contributed by atoms with Gasteiger partial charge in [0.2, 0.25) is 11.8 Å². The number of aryl methyl sites for hydroxylation is 2. The van der Waals surface area contributed by atoms with Gasteiger partial charge < -0.3 is 19.5 Å². The number of carbonyl (C=O) groups is 1. The number of nitrogens with zero attached hydrogens (tertiary/aromatic N) is 2. The van der Waals surface area contributed by atoms with E-state index in [9.17, 15) is 4.79 Å². The van der Waals surface area contributed by atoms with Crippen molar-refractivity contribution in [2.75, 3.05) is 20.3 Å². The predicted octanol–water partition coefficient (Wildman–Crippen LogP) is 4.24. The third-order valence-corrected chi connectivity index (χ3v) is 4.89. The molecule has 7 nitrogen and oxygen atoms in total. The maximum Gasteiger partial charge on any atom is 0.223 e. The molecule has 1 N–H and O–H groups in total. The minimum atomic E-state index is 0.0947. The van der Waals surface area contributed by atoms with Crippen LogP contribution >= 0.6 is 0 Å². The molecule has 1 saturated heterocycles. The van der Waals surface area contributed by atoms with Gasteiger partial charge >= 0.3 is 0 Å². The van der Waals surface area contributed by atoms with E-state index < -0.39 is 0 Å². The highest BCUT2D eigenvalue weighted by Gasteiger charge is 2.22. The van der Waals surface area contributed by atoms with Crippen molar-refractivity contribution < 1.29 is 19.0 Å². The van der Waals surface area contributed by atoms with Crippen LogP contribution in [0.25, 0.3) is 10.9 Å². The molecule has 2 aromatic heterocycles. The van der Waals surface area contributed by atoms with Crippen molar-refractivity contribution >= 4 is 16.8 Å². The van der Waals surface area contributed by atoms with E-state index in [2.05, 4.69) is 15.3 Å². The van der Waals surface area contributed by atoms with E-state index >= 15 is 0 Å². The van der Waals surface area contributed by atoms with E-state index in [0.717, 1.165) is 28.1 Å². The van der Waals surface area contributed by atoms with Crippen molar-refractivity contribution in [1.82, 2.24) is 15.3 Å². The molecular weight excluding hydrogens is 406 g/mol. The molecule has 170 valence electrons. The van der Waals surface area contributed by atoms with E-state index in [-0.39, 0.29) is 17.9 Å². The Bertz CT molecular complexity index is 1070. The number of aromatic nitrogens is 2. The number of pyridine rings is 2. The van der Waals surface area contributed by atoms with Gasteiger partial charge in [-0.25, -0.2) is 4.98 Å². The summed E-state index contributed by atoms with van der Waals surface area (Å²) in [7, 11) is 1.65. The van der Waals surface area contributed by atoms with Crippen LogP contribution in [0.5, 0.6) is 17.4 Å².